The number of hydrogen-bond acceptors (Lipinski definition) is 2. The van der Waals surface area contributed by atoms with Crippen LogP contribution < -0.4 is 5.32 Å². The van der Waals surface area contributed by atoms with Crippen LogP contribution in [0.5, 0.6) is 0 Å². The number of benzene rings is 1. The predicted octanol–water partition coefficient (Wildman–Crippen LogP) is 3.18. The Hall–Kier alpha value is -1.61. The predicted molar refractivity (Wildman–Crippen MR) is 79.1 cm³/mol. The third-order valence-electron chi connectivity index (χ3n) is 3.44. The second-order valence-corrected chi connectivity index (χ2v) is 5.11. The average molecular weight is 257 g/mol. The molecule has 0 aliphatic rings. The molecule has 1 aromatic heterocycles. The molecule has 2 aromatic rings. The fourth-order valence-corrected chi connectivity index (χ4v) is 2.31. The second-order valence-electron chi connectivity index (χ2n) is 5.11. The summed E-state index contributed by atoms with van der Waals surface area (Å²) in [6, 6.07) is 11.6. The SMILES string of the molecule is CCc1ccc(C(C)NC(C)Cn2cccn2)cc1. The van der Waals surface area contributed by atoms with Crippen molar-refractivity contribution >= 4 is 0 Å². The molecular formula is C16H23N3. The number of hydrogen-bond donors (Lipinski definition) is 1. The molecule has 0 fully saturated rings. The molecule has 0 radical (unpaired) electrons. The van der Waals surface area contributed by atoms with Gasteiger partial charge in [0.15, 0.2) is 0 Å². The number of nitrogens with one attached hydrogen (secondary N) is 1. The molecule has 19 heavy (non-hydrogen) atoms. The van der Waals surface area contributed by atoms with Crippen LogP contribution in [0.1, 0.15) is 37.9 Å². The Morgan fingerprint density at radius 1 is 1.21 bits per heavy atom. The van der Waals surface area contributed by atoms with Gasteiger partial charge in [-0.15, -0.1) is 0 Å². The van der Waals surface area contributed by atoms with Crippen molar-refractivity contribution in [2.45, 2.75) is 45.8 Å². The molecule has 0 spiro atoms. The monoisotopic (exact) mass is 257 g/mol. The van der Waals surface area contributed by atoms with E-state index in [2.05, 4.69) is 55.5 Å². The molecule has 2 unspecified atom stereocenters. The Bertz CT molecular complexity index is 473. The van der Waals surface area contributed by atoms with Crippen molar-refractivity contribution in [3.63, 3.8) is 0 Å². The van der Waals surface area contributed by atoms with Crippen LogP contribution in [0, 0.1) is 0 Å². The Labute approximate surface area is 115 Å². The quantitative estimate of drug-likeness (QED) is 0.861. The van der Waals surface area contributed by atoms with Crippen LogP contribution in [0.2, 0.25) is 0 Å². The third-order valence-corrected chi connectivity index (χ3v) is 3.44. The molecule has 1 aromatic carbocycles. The normalized spacial score (nSPS) is 14.3. The highest BCUT2D eigenvalue weighted by Gasteiger charge is 2.09. The van der Waals surface area contributed by atoms with Crippen LogP contribution in [-0.4, -0.2) is 15.8 Å². The molecule has 2 rings (SSSR count). The molecule has 3 nitrogen and oxygen atoms in total. The van der Waals surface area contributed by atoms with Crippen molar-refractivity contribution in [3.05, 3.63) is 53.9 Å². The third kappa shape index (κ3) is 3.93. The van der Waals surface area contributed by atoms with Crippen molar-refractivity contribution in [2.75, 3.05) is 0 Å². The van der Waals surface area contributed by atoms with E-state index < -0.39 is 0 Å². The molecule has 1 heterocycles. The van der Waals surface area contributed by atoms with Gasteiger partial charge in [0, 0.05) is 24.5 Å². The maximum Gasteiger partial charge on any atom is 0.0560 e. The summed E-state index contributed by atoms with van der Waals surface area (Å²) < 4.78 is 1.96. The summed E-state index contributed by atoms with van der Waals surface area (Å²) in [5.41, 5.74) is 2.73. The number of aryl methyl sites for hydroxylation is 1. The Kier molecular flexibility index (Phi) is 4.74. The van der Waals surface area contributed by atoms with Gasteiger partial charge in [-0.1, -0.05) is 31.2 Å². The van der Waals surface area contributed by atoms with Gasteiger partial charge in [0.2, 0.25) is 0 Å². The fraction of sp³-hybridized carbons (Fsp3) is 0.438. The summed E-state index contributed by atoms with van der Waals surface area (Å²) in [5, 5.41) is 7.85. The lowest BCUT2D eigenvalue weighted by Crippen LogP contribution is -2.32. The van der Waals surface area contributed by atoms with Gasteiger partial charge >= 0.3 is 0 Å². The van der Waals surface area contributed by atoms with Gasteiger partial charge in [0.05, 0.1) is 6.54 Å². The van der Waals surface area contributed by atoms with E-state index in [9.17, 15) is 0 Å². The summed E-state index contributed by atoms with van der Waals surface area (Å²) in [7, 11) is 0. The van der Waals surface area contributed by atoms with Crippen LogP contribution >= 0.6 is 0 Å². The summed E-state index contributed by atoms with van der Waals surface area (Å²) in [6.45, 7) is 7.48. The number of rotatable bonds is 6. The van der Waals surface area contributed by atoms with Gasteiger partial charge in [-0.05, 0) is 37.5 Å². The Balaban J connectivity index is 1.90. The van der Waals surface area contributed by atoms with Crippen LogP contribution in [0.25, 0.3) is 0 Å². The van der Waals surface area contributed by atoms with Gasteiger partial charge in [0.25, 0.3) is 0 Å². The first-order valence-electron chi connectivity index (χ1n) is 7.01. The fourth-order valence-electron chi connectivity index (χ4n) is 2.31. The maximum absolute atomic E-state index is 4.24. The molecule has 0 saturated carbocycles. The zero-order valence-corrected chi connectivity index (χ0v) is 12.0. The largest absolute Gasteiger partial charge is 0.306 e. The minimum Gasteiger partial charge on any atom is -0.306 e. The first kappa shape index (κ1) is 13.8. The summed E-state index contributed by atoms with van der Waals surface area (Å²) >= 11 is 0. The molecule has 0 bridgehead atoms. The van der Waals surface area contributed by atoms with Crippen molar-refractivity contribution in [2.24, 2.45) is 0 Å². The van der Waals surface area contributed by atoms with E-state index in [0.29, 0.717) is 12.1 Å². The minimum atomic E-state index is 0.358. The van der Waals surface area contributed by atoms with Crippen molar-refractivity contribution in [1.82, 2.24) is 15.1 Å². The van der Waals surface area contributed by atoms with Crippen molar-refractivity contribution < 1.29 is 0 Å². The van der Waals surface area contributed by atoms with Gasteiger partial charge < -0.3 is 5.32 Å². The van der Waals surface area contributed by atoms with E-state index in [1.807, 2.05) is 23.1 Å². The maximum atomic E-state index is 4.24. The number of aromatic nitrogens is 2. The highest BCUT2D eigenvalue weighted by Crippen LogP contribution is 2.14. The van der Waals surface area contributed by atoms with Gasteiger partial charge in [-0.3, -0.25) is 4.68 Å². The lowest BCUT2D eigenvalue weighted by molar-refractivity contribution is 0.413. The molecule has 0 saturated heterocycles. The smallest absolute Gasteiger partial charge is 0.0560 e. The topological polar surface area (TPSA) is 29.9 Å². The first-order chi connectivity index (χ1) is 9.19. The minimum absolute atomic E-state index is 0.358. The zero-order valence-electron chi connectivity index (χ0n) is 12.0. The van der Waals surface area contributed by atoms with E-state index >= 15 is 0 Å². The Morgan fingerprint density at radius 3 is 2.53 bits per heavy atom. The van der Waals surface area contributed by atoms with Crippen LogP contribution in [-0.2, 0) is 13.0 Å². The molecule has 0 aliphatic carbocycles. The average Bonchev–Trinajstić information content (AvgIpc) is 2.91. The van der Waals surface area contributed by atoms with Crippen LogP contribution in [0.15, 0.2) is 42.7 Å². The molecule has 3 heteroatoms. The summed E-state index contributed by atoms with van der Waals surface area (Å²) in [5.74, 6) is 0. The lowest BCUT2D eigenvalue weighted by Gasteiger charge is -2.20. The summed E-state index contributed by atoms with van der Waals surface area (Å²) in [6.07, 6.45) is 4.91. The lowest BCUT2D eigenvalue weighted by atomic mass is 10.0. The van der Waals surface area contributed by atoms with E-state index in [1.165, 1.54) is 11.1 Å². The molecular weight excluding hydrogens is 234 g/mol. The van der Waals surface area contributed by atoms with Gasteiger partial charge in [-0.2, -0.15) is 5.10 Å². The van der Waals surface area contributed by atoms with Crippen LogP contribution in [0.4, 0.5) is 0 Å². The van der Waals surface area contributed by atoms with Gasteiger partial charge in [-0.25, -0.2) is 0 Å². The molecule has 0 aliphatic heterocycles. The van der Waals surface area contributed by atoms with E-state index in [0.717, 1.165) is 13.0 Å². The van der Waals surface area contributed by atoms with Crippen molar-refractivity contribution in [3.8, 4) is 0 Å². The molecule has 0 amide bonds. The second kappa shape index (κ2) is 6.53. The molecule has 102 valence electrons. The van der Waals surface area contributed by atoms with Gasteiger partial charge in [0.1, 0.15) is 0 Å². The number of nitrogens with zero attached hydrogens (tertiary/aromatic N) is 2. The summed E-state index contributed by atoms with van der Waals surface area (Å²) in [4.78, 5) is 0. The molecule has 2 atom stereocenters. The highest BCUT2D eigenvalue weighted by molar-refractivity contribution is 5.24. The van der Waals surface area contributed by atoms with Crippen LogP contribution in [0.3, 0.4) is 0 Å². The van der Waals surface area contributed by atoms with E-state index in [-0.39, 0.29) is 0 Å². The zero-order chi connectivity index (χ0) is 13.7. The molecule has 1 N–H and O–H groups in total. The Morgan fingerprint density at radius 2 is 1.95 bits per heavy atom. The highest BCUT2D eigenvalue weighted by atomic mass is 15.3. The first-order valence-corrected chi connectivity index (χ1v) is 7.01. The van der Waals surface area contributed by atoms with E-state index in [1.54, 1.807) is 0 Å². The van der Waals surface area contributed by atoms with Crippen molar-refractivity contribution in [1.29, 1.82) is 0 Å². The standard InChI is InChI=1S/C16H23N3/c1-4-15-6-8-16(9-7-15)14(3)18-13(2)12-19-11-5-10-17-19/h5-11,13-14,18H,4,12H2,1-3H3. The van der Waals surface area contributed by atoms with E-state index in [4.69, 9.17) is 0 Å².